The van der Waals surface area contributed by atoms with Crippen molar-refractivity contribution < 1.29 is 18.3 Å². The number of carbonyl (C=O) groups excluding carboxylic acids is 1. The molecule has 1 amide bonds. The van der Waals surface area contributed by atoms with Crippen LogP contribution < -0.4 is 15.8 Å². The number of nitrogens with one attached hydrogen (secondary N) is 1. The highest BCUT2D eigenvalue weighted by molar-refractivity contribution is 9.10. The van der Waals surface area contributed by atoms with Crippen molar-refractivity contribution in [3.8, 4) is 5.75 Å². The first-order valence-corrected chi connectivity index (χ1v) is 8.12. The van der Waals surface area contributed by atoms with Gasteiger partial charge in [0.25, 0.3) is 5.91 Å². The van der Waals surface area contributed by atoms with E-state index < -0.39 is 17.5 Å². The first kappa shape index (κ1) is 18.2. The summed E-state index contributed by atoms with van der Waals surface area (Å²) in [6.45, 7) is 3.83. The average Bonchev–Trinajstić information content (AvgIpc) is 2.53. The molecule has 3 N–H and O–H groups in total. The molecule has 0 aliphatic heterocycles. The highest BCUT2D eigenvalue weighted by Gasteiger charge is 2.23. The van der Waals surface area contributed by atoms with Gasteiger partial charge in [-0.1, -0.05) is 22.9 Å². The van der Waals surface area contributed by atoms with Crippen LogP contribution in [0.15, 0.2) is 28.7 Å². The number of amides is 1. The molecular weight excluding hydrogens is 382 g/mol. The fraction of sp³-hybridized carbons (Fsp3) is 0.235. The SMILES string of the molecule is CCCOc1cc(C(N)=O)c(Nc2ccc(Br)cc2C)c(F)c1F. The first-order valence-electron chi connectivity index (χ1n) is 7.33. The van der Waals surface area contributed by atoms with Crippen molar-refractivity contribution in [1.29, 1.82) is 0 Å². The maximum absolute atomic E-state index is 14.5. The molecule has 0 atom stereocenters. The first-order chi connectivity index (χ1) is 11.3. The number of anilines is 2. The summed E-state index contributed by atoms with van der Waals surface area (Å²) in [5.74, 6) is -3.58. The Bertz CT molecular complexity index is 782. The Hall–Kier alpha value is -2.15. The van der Waals surface area contributed by atoms with Crippen molar-refractivity contribution in [3.05, 3.63) is 51.5 Å². The summed E-state index contributed by atoms with van der Waals surface area (Å²) in [4.78, 5) is 11.7. The molecule has 0 bridgehead atoms. The Labute approximate surface area is 147 Å². The maximum Gasteiger partial charge on any atom is 0.251 e. The fourth-order valence-electron chi connectivity index (χ4n) is 2.14. The molecule has 128 valence electrons. The molecule has 0 fully saturated rings. The average molecular weight is 399 g/mol. The lowest BCUT2D eigenvalue weighted by Gasteiger charge is -2.16. The smallest absolute Gasteiger partial charge is 0.251 e. The largest absolute Gasteiger partial charge is 0.490 e. The number of nitrogens with two attached hydrogens (primary N) is 1. The Morgan fingerprint density at radius 3 is 2.58 bits per heavy atom. The summed E-state index contributed by atoms with van der Waals surface area (Å²) in [6.07, 6.45) is 0.616. The number of halogens is 3. The molecule has 0 radical (unpaired) electrons. The van der Waals surface area contributed by atoms with Gasteiger partial charge in [-0.2, -0.15) is 4.39 Å². The van der Waals surface area contributed by atoms with E-state index >= 15 is 0 Å². The van der Waals surface area contributed by atoms with E-state index in [9.17, 15) is 13.6 Å². The van der Waals surface area contributed by atoms with Crippen LogP contribution in [0, 0.1) is 18.6 Å². The van der Waals surface area contributed by atoms with Gasteiger partial charge in [-0.3, -0.25) is 4.79 Å². The zero-order chi connectivity index (χ0) is 17.9. The van der Waals surface area contributed by atoms with Crippen molar-refractivity contribution in [2.45, 2.75) is 20.3 Å². The van der Waals surface area contributed by atoms with Gasteiger partial charge < -0.3 is 15.8 Å². The minimum atomic E-state index is -1.21. The van der Waals surface area contributed by atoms with E-state index in [2.05, 4.69) is 21.2 Å². The van der Waals surface area contributed by atoms with Crippen LogP contribution in [0.25, 0.3) is 0 Å². The van der Waals surface area contributed by atoms with Gasteiger partial charge in [0, 0.05) is 10.2 Å². The zero-order valence-electron chi connectivity index (χ0n) is 13.3. The molecule has 0 unspecified atom stereocenters. The highest BCUT2D eigenvalue weighted by Crippen LogP contribution is 2.33. The predicted octanol–water partition coefficient (Wildman–Crippen LogP) is 4.67. The molecule has 2 aromatic rings. The van der Waals surface area contributed by atoms with Crippen LogP contribution in [0.5, 0.6) is 5.75 Å². The van der Waals surface area contributed by atoms with Gasteiger partial charge >= 0.3 is 0 Å². The monoisotopic (exact) mass is 398 g/mol. The number of primary amides is 1. The number of benzene rings is 2. The number of carbonyl (C=O) groups is 1. The highest BCUT2D eigenvalue weighted by atomic mass is 79.9. The van der Waals surface area contributed by atoms with E-state index in [0.29, 0.717) is 12.1 Å². The molecule has 0 saturated heterocycles. The van der Waals surface area contributed by atoms with E-state index in [-0.39, 0.29) is 23.6 Å². The molecule has 24 heavy (non-hydrogen) atoms. The lowest BCUT2D eigenvalue weighted by molar-refractivity contribution is 0.1000. The number of ether oxygens (including phenoxy) is 1. The molecule has 0 saturated carbocycles. The van der Waals surface area contributed by atoms with Crippen molar-refractivity contribution in [2.24, 2.45) is 5.73 Å². The molecule has 2 aromatic carbocycles. The van der Waals surface area contributed by atoms with Crippen LogP contribution in [-0.4, -0.2) is 12.5 Å². The van der Waals surface area contributed by atoms with Gasteiger partial charge in [0.05, 0.1) is 17.9 Å². The topological polar surface area (TPSA) is 64.3 Å². The standard InChI is InChI=1S/C17H17BrF2N2O2/c1-3-6-24-13-8-11(17(21)23)16(15(20)14(13)19)22-12-5-4-10(18)7-9(12)2/h4-5,7-8,22H,3,6H2,1-2H3,(H2,21,23). The van der Waals surface area contributed by atoms with Crippen LogP contribution in [-0.2, 0) is 0 Å². The van der Waals surface area contributed by atoms with Crippen molar-refractivity contribution >= 4 is 33.2 Å². The minimum Gasteiger partial charge on any atom is -0.490 e. The number of hydrogen-bond donors (Lipinski definition) is 2. The van der Waals surface area contributed by atoms with Gasteiger partial charge in [-0.25, -0.2) is 4.39 Å². The molecule has 4 nitrogen and oxygen atoms in total. The Balaban J connectivity index is 2.52. The Kier molecular flexibility index (Phi) is 5.77. The number of rotatable bonds is 6. The predicted molar refractivity (Wildman–Crippen MR) is 92.8 cm³/mol. The molecular formula is C17H17BrF2N2O2. The molecule has 0 aliphatic rings. The summed E-state index contributed by atoms with van der Waals surface area (Å²) < 4.78 is 34.7. The summed E-state index contributed by atoms with van der Waals surface area (Å²) in [5.41, 5.74) is 6.14. The van der Waals surface area contributed by atoms with Crippen LogP contribution in [0.1, 0.15) is 29.3 Å². The fourth-order valence-corrected chi connectivity index (χ4v) is 2.61. The lowest BCUT2D eigenvalue weighted by Crippen LogP contribution is -2.16. The summed E-state index contributed by atoms with van der Waals surface area (Å²) >= 11 is 3.33. The molecule has 0 heterocycles. The number of hydrogen-bond acceptors (Lipinski definition) is 3. The second-order valence-electron chi connectivity index (χ2n) is 5.22. The van der Waals surface area contributed by atoms with E-state index in [4.69, 9.17) is 10.5 Å². The van der Waals surface area contributed by atoms with Crippen molar-refractivity contribution in [3.63, 3.8) is 0 Å². The number of aryl methyl sites for hydroxylation is 1. The van der Waals surface area contributed by atoms with Gasteiger partial charge in [0.15, 0.2) is 11.6 Å². The van der Waals surface area contributed by atoms with Gasteiger partial charge in [0.1, 0.15) is 0 Å². The third-order valence-corrected chi connectivity index (χ3v) is 3.84. The van der Waals surface area contributed by atoms with E-state index in [1.165, 1.54) is 0 Å². The molecule has 0 aliphatic carbocycles. The third-order valence-electron chi connectivity index (χ3n) is 3.35. The Morgan fingerprint density at radius 1 is 1.29 bits per heavy atom. The van der Waals surface area contributed by atoms with Crippen molar-refractivity contribution in [1.82, 2.24) is 0 Å². The van der Waals surface area contributed by atoms with Gasteiger partial charge in [-0.05, 0) is 43.2 Å². The Morgan fingerprint density at radius 2 is 2.00 bits per heavy atom. The normalized spacial score (nSPS) is 10.5. The van der Waals surface area contributed by atoms with Crippen LogP contribution >= 0.6 is 15.9 Å². The zero-order valence-corrected chi connectivity index (χ0v) is 14.8. The van der Waals surface area contributed by atoms with E-state index in [1.807, 2.05) is 6.92 Å². The summed E-state index contributed by atoms with van der Waals surface area (Å²) in [5, 5.41) is 2.75. The van der Waals surface area contributed by atoms with Crippen LogP contribution in [0.3, 0.4) is 0 Å². The molecule has 7 heteroatoms. The van der Waals surface area contributed by atoms with E-state index in [0.717, 1.165) is 16.1 Å². The van der Waals surface area contributed by atoms with Gasteiger partial charge in [0.2, 0.25) is 5.82 Å². The summed E-state index contributed by atoms with van der Waals surface area (Å²) in [7, 11) is 0. The van der Waals surface area contributed by atoms with E-state index in [1.54, 1.807) is 25.1 Å². The minimum absolute atomic E-state index is 0.178. The second-order valence-corrected chi connectivity index (χ2v) is 6.14. The van der Waals surface area contributed by atoms with Crippen LogP contribution in [0.2, 0.25) is 0 Å². The third kappa shape index (κ3) is 3.84. The second kappa shape index (κ2) is 7.61. The molecule has 0 spiro atoms. The maximum atomic E-state index is 14.5. The van der Waals surface area contributed by atoms with Crippen LogP contribution in [0.4, 0.5) is 20.2 Å². The van der Waals surface area contributed by atoms with Gasteiger partial charge in [-0.15, -0.1) is 0 Å². The van der Waals surface area contributed by atoms with Crippen molar-refractivity contribution in [2.75, 3.05) is 11.9 Å². The quantitative estimate of drug-likeness (QED) is 0.742. The molecule has 0 aromatic heterocycles. The molecule has 2 rings (SSSR count). The summed E-state index contributed by atoms with van der Waals surface area (Å²) in [6, 6.07) is 6.35. The lowest BCUT2D eigenvalue weighted by atomic mass is 10.1.